The highest BCUT2D eigenvalue weighted by Gasteiger charge is 2.36. The van der Waals surface area contributed by atoms with Gasteiger partial charge >= 0.3 is 6.09 Å². The number of carbonyl (C=O) groups is 1. The molecule has 3 fully saturated rings. The quantitative estimate of drug-likeness (QED) is 0.0958. The van der Waals surface area contributed by atoms with Crippen LogP contribution in [0.2, 0.25) is 5.02 Å². The fraction of sp³-hybridized carbons (Fsp3) is 0.531. The second kappa shape index (κ2) is 16.1. The molecule has 228 valence electrons. The lowest BCUT2D eigenvalue weighted by Crippen LogP contribution is -2.48. The molecule has 3 heterocycles. The normalized spacial score (nSPS) is 24.2. The lowest BCUT2D eigenvalue weighted by molar-refractivity contribution is -0.244. The van der Waals surface area contributed by atoms with Crippen LogP contribution in [0.5, 0.6) is 5.75 Å². The number of ether oxygens (including phenoxy) is 3. The van der Waals surface area contributed by atoms with Crippen molar-refractivity contribution >= 4 is 29.7 Å². The van der Waals surface area contributed by atoms with Crippen LogP contribution in [0.3, 0.4) is 0 Å². The van der Waals surface area contributed by atoms with Crippen LogP contribution >= 0.6 is 23.6 Å². The number of para-hydroxylation sites is 1. The average Bonchev–Trinajstić information content (AvgIpc) is 3.04. The number of rotatable bonds is 10. The summed E-state index contributed by atoms with van der Waals surface area (Å²) < 4.78 is 22.9. The molecule has 10 heteroatoms. The van der Waals surface area contributed by atoms with Gasteiger partial charge in [0.15, 0.2) is 6.29 Å². The minimum atomic E-state index is -0.639. The van der Waals surface area contributed by atoms with Crippen molar-refractivity contribution in [2.45, 2.75) is 63.4 Å². The molecule has 0 bridgehead atoms. The minimum absolute atomic E-state index is 0.0122. The zero-order chi connectivity index (χ0) is 29.1. The van der Waals surface area contributed by atoms with Gasteiger partial charge < -0.3 is 24.0 Å². The van der Waals surface area contributed by atoms with E-state index in [-0.39, 0.29) is 18.1 Å². The molecule has 3 unspecified atom stereocenters. The van der Waals surface area contributed by atoms with Gasteiger partial charge in [-0.2, -0.15) is 4.33 Å². The molecule has 0 aromatic heterocycles. The monoisotopic (exact) mass is 616 g/mol. The predicted molar refractivity (Wildman–Crippen MR) is 164 cm³/mol. The number of amides is 1. The smallest absolute Gasteiger partial charge is 0.410 e. The second-order valence-corrected chi connectivity index (χ2v) is 12.3. The summed E-state index contributed by atoms with van der Waals surface area (Å²) in [5.74, 6) is 1.15. The van der Waals surface area contributed by atoms with Crippen LogP contribution in [0.15, 0.2) is 60.7 Å². The van der Waals surface area contributed by atoms with Gasteiger partial charge in [-0.05, 0) is 63.7 Å². The fourth-order valence-electron chi connectivity index (χ4n) is 6.14. The van der Waals surface area contributed by atoms with Gasteiger partial charge in [-0.3, -0.25) is 0 Å². The molecule has 2 aromatic rings. The molecule has 3 aliphatic rings. The number of hydrogen-bond donors (Lipinski definition) is 1. The number of hydrogen-bond acceptors (Lipinski definition) is 8. The number of piperidine rings is 2. The number of benzene rings is 2. The zero-order valence-corrected chi connectivity index (χ0v) is 25.5. The van der Waals surface area contributed by atoms with E-state index in [1.165, 1.54) is 32.4 Å². The molecule has 0 spiro atoms. The number of nitrogens with zero attached hydrogens (tertiary/aromatic N) is 2. The Balaban J connectivity index is 1.28. The summed E-state index contributed by atoms with van der Waals surface area (Å²) in [4.78, 5) is 17.8. The predicted octanol–water partition coefficient (Wildman–Crippen LogP) is 7.67. The van der Waals surface area contributed by atoms with Gasteiger partial charge in [-0.1, -0.05) is 66.6 Å². The maximum absolute atomic E-state index is 13.4. The Morgan fingerprint density at radius 3 is 2.50 bits per heavy atom. The van der Waals surface area contributed by atoms with Gasteiger partial charge in [0.25, 0.3) is 0 Å². The standard InChI is InChI=1S/C32H41ClN2O6S/c33-28-14-6-4-12-26(28)31-38-23-24(11-3-1-10-22-42-41-37)30(40-31)27-13-5-7-15-29(27)39-32(36)35-20-16-25(17-21-35)34-18-8-2-9-19-34/h1,3-7,12-15,24-25,30-31,37H,2,8-11,16-23H2/b3-1-. The van der Waals surface area contributed by atoms with E-state index in [1.54, 1.807) is 0 Å². The molecule has 3 atom stereocenters. The Morgan fingerprint density at radius 1 is 1.00 bits per heavy atom. The molecule has 1 N–H and O–H groups in total. The third-order valence-corrected chi connectivity index (χ3v) is 9.25. The second-order valence-electron chi connectivity index (χ2n) is 11.1. The third-order valence-electron chi connectivity index (χ3n) is 8.40. The molecule has 0 aliphatic carbocycles. The molecule has 8 nitrogen and oxygen atoms in total. The summed E-state index contributed by atoms with van der Waals surface area (Å²) in [6.07, 6.45) is 10.1. The molecule has 2 aromatic carbocycles. The highest BCUT2D eigenvalue weighted by molar-refractivity contribution is 7.94. The van der Waals surface area contributed by atoms with Gasteiger partial charge in [0.05, 0.1) is 12.7 Å². The van der Waals surface area contributed by atoms with E-state index in [2.05, 4.69) is 21.4 Å². The Hall–Kier alpha value is -2.11. The van der Waals surface area contributed by atoms with Gasteiger partial charge in [-0.15, -0.1) is 0 Å². The zero-order valence-electron chi connectivity index (χ0n) is 23.9. The first kappa shape index (κ1) is 31.3. The molecular weight excluding hydrogens is 576 g/mol. The van der Waals surface area contributed by atoms with E-state index in [0.29, 0.717) is 48.7 Å². The molecule has 5 rings (SSSR count). The van der Waals surface area contributed by atoms with E-state index in [0.717, 1.165) is 42.4 Å². The van der Waals surface area contributed by atoms with Gasteiger partial charge in [0.1, 0.15) is 5.75 Å². The number of carbonyl (C=O) groups excluding carboxylic acids is 1. The maximum atomic E-state index is 13.4. The summed E-state index contributed by atoms with van der Waals surface area (Å²) in [6.45, 7) is 4.21. The van der Waals surface area contributed by atoms with Crippen molar-refractivity contribution in [3.8, 4) is 5.75 Å². The van der Waals surface area contributed by atoms with E-state index in [9.17, 15) is 4.79 Å². The Labute approximate surface area is 258 Å². The molecule has 42 heavy (non-hydrogen) atoms. The molecular formula is C32H41ClN2O6S. The fourth-order valence-corrected chi connectivity index (χ4v) is 6.67. The van der Waals surface area contributed by atoms with Crippen LogP contribution in [-0.2, 0) is 13.8 Å². The van der Waals surface area contributed by atoms with Crippen LogP contribution in [0, 0.1) is 5.92 Å². The highest BCUT2D eigenvalue weighted by Crippen LogP contribution is 2.44. The van der Waals surface area contributed by atoms with Gasteiger partial charge in [-0.25, -0.2) is 10.1 Å². The van der Waals surface area contributed by atoms with Crippen molar-refractivity contribution in [2.24, 2.45) is 5.92 Å². The molecule has 1 amide bonds. The molecule has 3 aliphatic heterocycles. The minimum Gasteiger partial charge on any atom is -0.410 e. The maximum Gasteiger partial charge on any atom is 0.415 e. The third kappa shape index (κ3) is 8.29. The van der Waals surface area contributed by atoms with E-state index >= 15 is 0 Å². The number of allylic oxidation sites excluding steroid dienone is 2. The Kier molecular flexibility index (Phi) is 12.0. The lowest BCUT2D eigenvalue weighted by atomic mass is 9.91. The summed E-state index contributed by atoms with van der Waals surface area (Å²) >= 11 is 7.50. The van der Waals surface area contributed by atoms with Crippen molar-refractivity contribution in [2.75, 3.05) is 38.5 Å². The average molecular weight is 617 g/mol. The summed E-state index contributed by atoms with van der Waals surface area (Å²) in [7, 11) is 0. The van der Waals surface area contributed by atoms with Crippen molar-refractivity contribution in [3.63, 3.8) is 0 Å². The van der Waals surface area contributed by atoms with Crippen molar-refractivity contribution in [1.82, 2.24) is 9.80 Å². The van der Waals surface area contributed by atoms with Crippen molar-refractivity contribution in [1.29, 1.82) is 0 Å². The SMILES string of the molecule is O=C(Oc1ccccc1C1OC(c2ccccc2Cl)OCC1C/C=C\CCSOO)N1CCC(N2CCCCC2)CC1. The van der Waals surface area contributed by atoms with Crippen molar-refractivity contribution < 1.29 is 28.6 Å². The first-order valence-electron chi connectivity index (χ1n) is 15.0. The van der Waals surface area contributed by atoms with Crippen LogP contribution in [-0.4, -0.2) is 65.7 Å². The highest BCUT2D eigenvalue weighted by atomic mass is 35.5. The van der Waals surface area contributed by atoms with E-state index in [1.807, 2.05) is 53.4 Å². The first-order valence-corrected chi connectivity index (χ1v) is 16.3. The lowest BCUT2D eigenvalue weighted by Gasteiger charge is -2.40. The summed E-state index contributed by atoms with van der Waals surface area (Å²) in [6, 6.07) is 15.7. The van der Waals surface area contributed by atoms with E-state index < -0.39 is 6.29 Å². The molecule has 0 saturated carbocycles. The van der Waals surface area contributed by atoms with Crippen LogP contribution < -0.4 is 4.74 Å². The topological polar surface area (TPSA) is 80.7 Å². The van der Waals surface area contributed by atoms with Crippen molar-refractivity contribution in [3.05, 3.63) is 76.8 Å². The molecule has 3 saturated heterocycles. The van der Waals surface area contributed by atoms with Gasteiger partial charge in [0.2, 0.25) is 0 Å². The number of likely N-dealkylation sites (tertiary alicyclic amines) is 2. The van der Waals surface area contributed by atoms with E-state index in [4.69, 9.17) is 31.1 Å². The summed E-state index contributed by atoms with van der Waals surface area (Å²) in [5.41, 5.74) is 1.59. The summed E-state index contributed by atoms with van der Waals surface area (Å²) in [5, 5.41) is 9.10. The first-order chi connectivity index (χ1) is 20.6. The Morgan fingerprint density at radius 2 is 1.74 bits per heavy atom. The van der Waals surface area contributed by atoms with Crippen LogP contribution in [0.4, 0.5) is 4.79 Å². The van der Waals surface area contributed by atoms with Crippen LogP contribution in [0.1, 0.15) is 68.5 Å². The van der Waals surface area contributed by atoms with Gasteiger partial charge in [0, 0.05) is 59.0 Å². The number of halogens is 1. The Bertz CT molecular complexity index is 1170. The molecule has 0 radical (unpaired) electrons. The van der Waals surface area contributed by atoms with Crippen LogP contribution in [0.25, 0.3) is 0 Å². The largest absolute Gasteiger partial charge is 0.415 e.